The van der Waals surface area contributed by atoms with Crippen LogP contribution in [0.25, 0.3) is 0 Å². The van der Waals surface area contributed by atoms with Gasteiger partial charge in [0, 0.05) is 6.61 Å². The van der Waals surface area contributed by atoms with Gasteiger partial charge < -0.3 is 19.3 Å². The Morgan fingerprint density at radius 1 is 1.47 bits per heavy atom. The van der Waals surface area contributed by atoms with Crippen molar-refractivity contribution in [2.45, 2.75) is 45.2 Å². The van der Waals surface area contributed by atoms with Crippen molar-refractivity contribution >= 4 is 6.09 Å². The van der Waals surface area contributed by atoms with Crippen LogP contribution in [0.1, 0.15) is 26.7 Å². The van der Waals surface area contributed by atoms with Crippen LogP contribution in [0.2, 0.25) is 0 Å². The third kappa shape index (κ3) is 3.83. The van der Waals surface area contributed by atoms with Crippen molar-refractivity contribution in [3.63, 3.8) is 0 Å². The lowest BCUT2D eigenvalue weighted by atomic mass is 10.2. The predicted molar refractivity (Wildman–Crippen MR) is 60.3 cm³/mol. The van der Waals surface area contributed by atoms with Crippen molar-refractivity contribution in [2.75, 3.05) is 20.3 Å². The van der Waals surface area contributed by atoms with Crippen LogP contribution in [-0.2, 0) is 14.2 Å². The molecule has 1 rings (SSSR count). The quantitative estimate of drug-likeness (QED) is 0.732. The second kappa shape index (κ2) is 6.78. The molecule has 0 aliphatic carbocycles. The van der Waals surface area contributed by atoms with Crippen LogP contribution in [0.15, 0.2) is 0 Å². The van der Waals surface area contributed by atoms with E-state index in [4.69, 9.17) is 9.47 Å². The zero-order valence-electron chi connectivity index (χ0n) is 10.6. The van der Waals surface area contributed by atoms with Gasteiger partial charge in [0.05, 0.1) is 19.8 Å². The summed E-state index contributed by atoms with van der Waals surface area (Å²) >= 11 is 0. The third-order valence-electron chi connectivity index (χ3n) is 2.78. The molecule has 1 aliphatic heterocycles. The minimum Gasteiger partial charge on any atom is -0.453 e. The molecule has 1 amide bonds. The van der Waals surface area contributed by atoms with Crippen LogP contribution in [0.4, 0.5) is 4.79 Å². The number of carbonyl (C=O) groups excluding carboxylic acids is 1. The summed E-state index contributed by atoms with van der Waals surface area (Å²) in [4.78, 5) is 12.8. The maximum Gasteiger partial charge on any atom is 0.411 e. The number of nitrogens with zero attached hydrogens (tertiary/aromatic N) is 1. The van der Waals surface area contributed by atoms with Crippen LogP contribution in [0.3, 0.4) is 0 Å². The second-order valence-corrected chi connectivity index (χ2v) is 3.95. The average Bonchev–Trinajstić information content (AvgIpc) is 2.67. The van der Waals surface area contributed by atoms with Gasteiger partial charge in [0.25, 0.3) is 0 Å². The van der Waals surface area contributed by atoms with E-state index in [1.165, 1.54) is 12.0 Å². The SMILES string of the molecule is CCOC(C)OCC1CCC(O)N1C(=O)OC. The van der Waals surface area contributed by atoms with E-state index in [9.17, 15) is 9.90 Å². The Kier molecular flexibility index (Phi) is 5.67. The first-order valence-electron chi connectivity index (χ1n) is 5.87. The number of methoxy groups -OCH3 is 1. The second-order valence-electron chi connectivity index (χ2n) is 3.95. The smallest absolute Gasteiger partial charge is 0.411 e. The molecule has 100 valence electrons. The highest BCUT2D eigenvalue weighted by Crippen LogP contribution is 2.23. The topological polar surface area (TPSA) is 68.2 Å². The molecule has 3 atom stereocenters. The monoisotopic (exact) mass is 247 g/mol. The van der Waals surface area contributed by atoms with E-state index in [1.54, 1.807) is 6.92 Å². The van der Waals surface area contributed by atoms with Crippen molar-refractivity contribution in [1.82, 2.24) is 4.90 Å². The molecule has 3 unspecified atom stereocenters. The van der Waals surface area contributed by atoms with E-state index >= 15 is 0 Å². The maximum atomic E-state index is 11.5. The van der Waals surface area contributed by atoms with Gasteiger partial charge in [0.2, 0.25) is 0 Å². The lowest BCUT2D eigenvalue weighted by Crippen LogP contribution is -2.43. The number of aliphatic hydroxyl groups is 1. The van der Waals surface area contributed by atoms with Crippen LogP contribution in [0.5, 0.6) is 0 Å². The highest BCUT2D eigenvalue weighted by molar-refractivity contribution is 5.68. The summed E-state index contributed by atoms with van der Waals surface area (Å²) in [6, 6.07) is -0.152. The van der Waals surface area contributed by atoms with Crippen LogP contribution in [0, 0.1) is 0 Å². The minimum absolute atomic E-state index is 0.152. The molecule has 0 spiro atoms. The van der Waals surface area contributed by atoms with Crippen LogP contribution >= 0.6 is 0 Å². The standard InChI is InChI=1S/C11H21NO5/c1-4-16-8(2)17-7-9-5-6-10(13)12(9)11(14)15-3/h8-10,13H,4-7H2,1-3H3. The molecule has 6 nitrogen and oxygen atoms in total. The molecule has 0 radical (unpaired) electrons. The lowest BCUT2D eigenvalue weighted by Gasteiger charge is -2.26. The first-order chi connectivity index (χ1) is 8.10. The highest BCUT2D eigenvalue weighted by atomic mass is 16.7. The molecule has 6 heteroatoms. The zero-order chi connectivity index (χ0) is 12.8. The number of hydrogen-bond acceptors (Lipinski definition) is 5. The third-order valence-corrected chi connectivity index (χ3v) is 2.78. The summed E-state index contributed by atoms with van der Waals surface area (Å²) in [7, 11) is 1.30. The van der Waals surface area contributed by atoms with E-state index in [0.29, 0.717) is 26.1 Å². The molecule has 1 N–H and O–H groups in total. The Labute approximate surface area is 101 Å². The fourth-order valence-electron chi connectivity index (χ4n) is 1.93. The number of hydrogen-bond donors (Lipinski definition) is 1. The van der Waals surface area contributed by atoms with E-state index in [-0.39, 0.29) is 12.3 Å². The minimum atomic E-state index is -0.779. The average molecular weight is 247 g/mol. The molecule has 1 heterocycles. The summed E-state index contributed by atoms with van der Waals surface area (Å²) in [6.45, 7) is 4.61. The number of amides is 1. The Bertz CT molecular complexity index is 248. The Morgan fingerprint density at radius 3 is 2.76 bits per heavy atom. The van der Waals surface area contributed by atoms with E-state index in [2.05, 4.69) is 4.74 Å². The number of aliphatic hydroxyl groups excluding tert-OH is 1. The summed E-state index contributed by atoms with van der Waals surface area (Å²) in [5.41, 5.74) is 0. The normalized spacial score (nSPS) is 26.0. The largest absolute Gasteiger partial charge is 0.453 e. The highest BCUT2D eigenvalue weighted by Gasteiger charge is 2.36. The first-order valence-corrected chi connectivity index (χ1v) is 5.87. The molecule has 0 aromatic carbocycles. The molecule has 0 bridgehead atoms. The fourth-order valence-corrected chi connectivity index (χ4v) is 1.93. The van der Waals surface area contributed by atoms with Gasteiger partial charge >= 0.3 is 6.09 Å². The molecule has 0 saturated carbocycles. The fraction of sp³-hybridized carbons (Fsp3) is 0.909. The van der Waals surface area contributed by atoms with E-state index < -0.39 is 12.3 Å². The molecule has 0 aromatic rings. The van der Waals surface area contributed by atoms with Gasteiger partial charge in [0.15, 0.2) is 6.29 Å². The van der Waals surface area contributed by atoms with Crippen molar-refractivity contribution < 1.29 is 24.1 Å². The first kappa shape index (κ1) is 14.2. The predicted octanol–water partition coefficient (Wildman–Crippen LogP) is 0.935. The van der Waals surface area contributed by atoms with Crippen molar-refractivity contribution in [3.8, 4) is 0 Å². The molecule has 1 fully saturated rings. The number of rotatable bonds is 5. The molecule has 17 heavy (non-hydrogen) atoms. The summed E-state index contributed by atoms with van der Waals surface area (Å²) < 4.78 is 15.3. The van der Waals surface area contributed by atoms with Crippen molar-refractivity contribution in [3.05, 3.63) is 0 Å². The van der Waals surface area contributed by atoms with Gasteiger partial charge in [-0.15, -0.1) is 0 Å². The maximum absolute atomic E-state index is 11.5. The number of ether oxygens (including phenoxy) is 3. The lowest BCUT2D eigenvalue weighted by molar-refractivity contribution is -0.138. The summed E-state index contributed by atoms with van der Waals surface area (Å²) in [6.07, 6.45) is -0.357. The van der Waals surface area contributed by atoms with Gasteiger partial charge in [-0.2, -0.15) is 0 Å². The van der Waals surface area contributed by atoms with Gasteiger partial charge in [-0.25, -0.2) is 4.79 Å². The summed E-state index contributed by atoms with van der Waals surface area (Å²) in [5, 5.41) is 9.67. The Hall–Kier alpha value is -0.850. The van der Waals surface area contributed by atoms with Gasteiger partial charge in [-0.1, -0.05) is 0 Å². The summed E-state index contributed by atoms with van der Waals surface area (Å²) in [5.74, 6) is 0. The number of likely N-dealkylation sites (tertiary alicyclic amines) is 1. The zero-order valence-corrected chi connectivity index (χ0v) is 10.6. The molecule has 1 saturated heterocycles. The van der Waals surface area contributed by atoms with Gasteiger partial charge in [-0.3, -0.25) is 4.90 Å². The molecule has 1 aliphatic rings. The van der Waals surface area contributed by atoms with Crippen LogP contribution < -0.4 is 0 Å². The van der Waals surface area contributed by atoms with Crippen LogP contribution in [-0.4, -0.2) is 55.0 Å². The van der Waals surface area contributed by atoms with Gasteiger partial charge in [-0.05, 0) is 26.7 Å². The Balaban J connectivity index is 2.44. The molecular formula is C11H21NO5. The van der Waals surface area contributed by atoms with Gasteiger partial charge in [0.1, 0.15) is 6.23 Å². The van der Waals surface area contributed by atoms with Crippen molar-refractivity contribution in [2.24, 2.45) is 0 Å². The Morgan fingerprint density at radius 2 is 2.18 bits per heavy atom. The molecular weight excluding hydrogens is 226 g/mol. The van der Waals surface area contributed by atoms with Crippen molar-refractivity contribution in [1.29, 1.82) is 0 Å². The van der Waals surface area contributed by atoms with E-state index in [1.807, 2.05) is 6.92 Å². The number of carbonyl (C=O) groups is 1. The van der Waals surface area contributed by atoms with E-state index in [0.717, 1.165) is 0 Å². The molecule has 0 aromatic heterocycles.